The van der Waals surface area contributed by atoms with Crippen LogP contribution < -0.4 is 0 Å². The molecule has 16 heavy (non-hydrogen) atoms. The summed E-state index contributed by atoms with van der Waals surface area (Å²) in [6.07, 6.45) is -0.589. The molecule has 1 aromatic rings. The van der Waals surface area contributed by atoms with E-state index in [0.29, 0.717) is 0 Å². The summed E-state index contributed by atoms with van der Waals surface area (Å²) in [5, 5.41) is 35.9. The highest BCUT2D eigenvalue weighted by molar-refractivity contribution is 5.74. The van der Waals surface area contributed by atoms with E-state index in [1.54, 1.807) is 0 Å². The summed E-state index contributed by atoms with van der Waals surface area (Å²) < 4.78 is 0.769. The minimum atomic E-state index is -1.32. The standard InChI is InChI=1S/C9H11NO6/c11-6-2-3-7(12)10(6)5(9(15)16)1-4-8(13)14/h2-3,5,11-12H,1,4H2,(H,13,14)(H,15,16)/t5-/m0/s1. The first-order valence-electron chi connectivity index (χ1n) is 4.47. The van der Waals surface area contributed by atoms with Crippen molar-refractivity contribution in [2.75, 3.05) is 0 Å². The van der Waals surface area contributed by atoms with Crippen molar-refractivity contribution in [3.63, 3.8) is 0 Å². The lowest BCUT2D eigenvalue weighted by Gasteiger charge is -2.15. The third-order valence-corrected chi connectivity index (χ3v) is 2.10. The van der Waals surface area contributed by atoms with Crippen LogP contribution in [-0.2, 0) is 9.59 Å². The second kappa shape index (κ2) is 4.56. The summed E-state index contributed by atoms with van der Waals surface area (Å²) in [7, 11) is 0. The molecule has 1 rings (SSSR count). The van der Waals surface area contributed by atoms with Crippen LogP contribution in [0, 0.1) is 0 Å². The fourth-order valence-electron chi connectivity index (χ4n) is 1.37. The number of carboxylic acids is 2. The van der Waals surface area contributed by atoms with Crippen LogP contribution in [0.4, 0.5) is 0 Å². The first-order valence-corrected chi connectivity index (χ1v) is 4.47. The number of rotatable bonds is 5. The quantitative estimate of drug-likeness (QED) is 0.579. The average molecular weight is 229 g/mol. The normalized spacial score (nSPS) is 12.2. The van der Waals surface area contributed by atoms with Crippen LogP contribution in [-0.4, -0.2) is 36.9 Å². The Kier molecular flexibility index (Phi) is 3.39. The lowest BCUT2D eigenvalue weighted by Crippen LogP contribution is -2.19. The molecule has 0 aliphatic rings. The lowest BCUT2D eigenvalue weighted by atomic mass is 10.1. The molecule has 0 saturated heterocycles. The minimum absolute atomic E-state index is 0.222. The molecule has 0 aromatic carbocycles. The van der Waals surface area contributed by atoms with E-state index in [1.165, 1.54) is 0 Å². The summed E-state index contributed by atoms with van der Waals surface area (Å²) in [6, 6.07) is 0.962. The summed E-state index contributed by atoms with van der Waals surface area (Å²) in [5.41, 5.74) is 0. The number of nitrogens with zero attached hydrogens (tertiary/aromatic N) is 1. The van der Waals surface area contributed by atoms with Crippen LogP contribution in [0.5, 0.6) is 11.8 Å². The number of hydrogen-bond acceptors (Lipinski definition) is 4. The number of hydrogen-bond donors (Lipinski definition) is 4. The van der Waals surface area contributed by atoms with Gasteiger partial charge < -0.3 is 20.4 Å². The number of carboxylic acid groups (broad SMARTS) is 2. The molecule has 0 radical (unpaired) electrons. The van der Waals surface area contributed by atoms with Gasteiger partial charge in [0, 0.05) is 18.6 Å². The Hall–Kier alpha value is -2.18. The van der Waals surface area contributed by atoms with Gasteiger partial charge in [0.1, 0.15) is 6.04 Å². The molecule has 0 aliphatic carbocycles. The van der Waals surface area contributed by atoms with E-state index in [-0.39, 0.29) is 12.8 Å². The molecule has 7 heteroatoms. The van der Waals surface area contributed by atoms with Gasteiger partial charge in [0.2, 0.25) is 0 Å². The molecule has 0 aliphatic heterocycles. The largest absolute Gasteiger partial charge is 0.494 e. The van der Waals surface area contributed by atoms with Crippen molar-refractivity contribution < 1.29 is 30.0 Å². The molecule has 1 heterocycles. The van der Waals surface area contributed by atoms with Crippen LogP contribution in [0.25, 0.3) is 0 Å². The monoisotopic (exact) mass is 229 g/mol. The van der Waals surface area contributed by atoms with Crippen molar-refractivity contribution in [2.45, 2.75) is 18.9 Å². The zero-order valence-corrected chi connectivity index (χ0v) is 8.20. The van der Waals surface area contributed by atoms with E-state index in [9.17, 15) is 19.8 Å². The van der Waals surface area contributed by atoms with Gasteiger partial charge in [-0.2, -0.15) is 0 Å². The van der Waals surface area contributed by atoms with Crippen LogP contribution in [0.15, 0.2) is 12.1 Å². The van der Waals surface area contributed by atoms with Crippen LogP contribution >= 0.6 is 0 Å². The highest BCUT2D eigenvalue weighted by Crippen LogP contribution is 2.29. The predicted octanol–water partition coefficient (Wildman–Crippen LogP) is 0.390. The van der Waals surface area contributed by atoms with E-state index < -0.39 is 29.7 Å². The molecule has 0 fully saturated rings. The van der Waals surface area contributed by atoms with E-state index >= 15 is 0 Å². The van der Waals surface area contributed by atoms with Crippen molar-refractivity contribution in [3.05, 3.63) is 12.1 Å². The van der Waals surface area contributed by atoms with Crippen LogP contribution in [0.2, 0.25) is 0 Å². The second-order valence-electron chi connectivity index (χ2n) is 3.21. The van der Waals surface area contributed by atoms with Crippen molar-refractivity contribution in [2.24, 2.45) is 0 Å². The summed E-state index contributed by atoms with van der Waals surface area (Å²) >= 11 is 0. The van der Waals surface area contributed by atoms with Crippen molar-refractivity contribution in [3.8, 4) is 11.8 Å². The Morgan fingerprint density at radius 3 is 2.06 bits per heavy atom. The molecule has 1 aromatic heterocycles. The summed E-state index contributed by atoms with van der Waals surface area (Å²) in [4.78, 5) is 21.2. The number of aliphatic carboxylic acids is 2. The van der Waals surface area contributed by atoms with Crippen molar-refractivity contribution in [1.29, 1.82) is 0 Å². The Bertz CT molecular complexity index is 391. The van der Waals surface area contributed by atoms with Crippen molar-refractivity contribution in [1.82, 2.24) is 4.57 Å². The van der Waals surface area contributed by atoms with Gasteiger partial charge in [-0.3, -0.25) is 9.36 Å². The van der Waals surface area contributed by atoms with Gasteiger partial charge in [0.05, 0.1) is 0 Å². The average Bonchev–Trinajstić information content (AvgIpc) is 2.48. The first kappa shape index (κ1) is 11.9. The fourth-order valence-corrected chi connectivity index (χ4v) is 1.37. The lowest BCUT2D eigenvalue weighted by molar-refractivity contribution is -0.142. The fraction of sp³-hybridized carbons (Fsp3) is 0.333. The van der Waals surface area contributed by atoms with E-state index in [0.717, 1.165) is 16.7 Å². The Morgan fingerprint density at radius 2 is 1.69 bits per heavy atom. The maximum atomic E-state index is 10.9. The third-order valence-electron chi connectivity index (χ3n) is 2.10. The molecular formula is C9H11NO6. The summed E-state index contributed by atoms with van der Waals surface area (Å²) in [5.74, 6) is -3.30. The molecular weight excluding hydrogens is 218 g/mol. The molecule has 4 N–H and O–H groups in total. The van der Waals surface area contributed by atoms with E-state index in [4.69, 9.17) is 10.2 Å². The third kappa shape index (κ3) is 2.44. The number of carbonyl (C=O) groups is 2. The number of aromatic nitrogens is 1. The highest BCUT2D eigenvalue weighted by atomic mass is 16.4. The topological polar surface area (TPSA) is 120 Å². The molecule has 0 spiro atoms. The Balaban J connectivity index is 2.94. The van der Waals surface area contributed by atoms with Crippen molar-refractivity contribution >= 4 is 11.9 Å². The minimum Gasteiger partial charge on any atom is -0.494 e. The van der Waals surface area contributed by atoms with Crippen LogP contribution in [0.1, 0.15) is 18.9 Å². The first-order chi connectivity index (χ1) is 7.43. The highest BCUT2D eigenvalue weighted by Gasteiger charge is 2.25. The summed E-state index contributed by atoms with van der Waals surface area (Å²) in [6.45, 7) is 0. The van der Waals surface area contributed by atoms with Gasteiger partial charge in [-0.15, -0.1) is 0 Å². The van der Waals surface area contributed by atoms with Gasteiger partial charge in [0.25, 0.3) is 0 Å². The SMILES string of the molecule is O=C(O)CC[C@@H](C(=O)O)n1c(O)ccc1O. The zero-order chi connectivity index (χ0) is 12.3. The molecule has 88 valence electrons. The Morgan fingerprint density at radius 1 is 1.19 bits per heavy atom. The number of aromatic hydroxyl groups is 2. The van der Waals surface area contributed by atoms with Gasteiger partial charge >= 0.3 is 11.9 Å². The van der Waals surface area contributed by atoms with Gasteiger partial charge in [-0.1, -0.05) is 0 Å². The molecule has 0 bridgehead atoms. The predicted molar refractivity (Wildman–Crippen MR) is 51.3 cm³/mol. The maximum absolute atomic E-state index is 10.9. The molecule has 0 amide bonds. The molecule has 0 unspecified atom stereocenters. The Labute approximate surface area is 90.2 Å². The molecule has 1 atom stereocenters. The molecule has 7 nitrogen and oxygen atoms in total. The van der Waals surface area contributed by atoms with Crippen LogP contribution in [0.3, 0.4) is 0 Å². The molecule has 0 saturated carbocycles. The van der Waals surface area contributed by atoms with E-state index in [1.807, 2.05) is 0 Å². The van der Waals surface area contributed by atoms with Gasteiger partial charge in [0.15, 0.2) is 11.8 Å². The van der Waals surface area contributed by atoms with Gasteiger partial charge in [-0.05, 0) is 6.42 Å². The zero-order valence-electron chi connectivity index (χ0n) is 8.20. The second-order valence-corrected chi connectivity index (χ2v) is 3.21. The van der Waals surface area contributed by atoms with E-state index in [2.05, 4.69) is 0 Å². The smallest absolute Gasteiger partial charge is 0.326 e. The van der Waals surface area contributed by atoms with Gasteiger partial charge in [-0.25, -0.2) is 4.79 Å². The maximum Gasteiger partial charge on any atom is 0.326 e.